The van der Waals surface area contributed by atoms with Crippen LogP contribution in [0.25, 0.3) is 11.0 Å². The van der Waals surface area contributed by atoms with Gasteiger partial charge in [0.1, 0.15) is 11.4 Å². The maximum Gasteiger partial charge on any atom is 0.336 e. The summed E-state index contributed by atoms with van der Waals surface area (Å²) in [4.78, 5) is 15.4. The number of rotatable bonds is 2. The lowest BCUT2D eigenvalue weighted by molar-refractivity contribution is 0.555. The van der Waals surface area contributed by atoms with E-state index < -0.39 is 5.63 Å². The molecule has 0 spiro atoms. The first-order chi connectivity index (χ1) is 8.72. The third kappa shape index (κ3) is 1.90. The van der Waals surface area contributed by atoms with Gasteiger partial charge in [-0.2, -0.15) is 0 Å². The van der Waals surface area contributed by atoms with Crippen molar-refractivity contribution < 1.29 is 8.81 Å². The van der Waals surface area contributed by atoms with Crippen LogP contribution in [0.2, 0.25) is 0 Å². The zero-order chi connectivity index (χ0) is 12.5. The smallest absolute Gasteiger partial charge is 0.336 e. The Hall–Kier alpha value is -2.43. The molecular weight excluding hydrogens is 235 g/mol. The number of benzene rings is 1. The molecule has 0 radical (unpaired) electrons. The van der Waals surface area contributed by atoms with Crippen LogP contribution in [-0.4, -0.2) is 9.55 Å². The van der Waals surface area contributed by atoms with E-state index in [1.165, 1.54) is 24.3 Å². The molecule has 0 aliphatic heterocycles. The molecule has 0 aliphatic carbocycles. The fraction of sp³-hybridized carbons (Fsp3) is 0.0769. The molecular formula is C13H9FN2O2. The molecule has 1 aromatic carbocycles. The van der Waals surface area contributed by atoms with Gasteiger partial charge >= 0.3 is 5.63 Å². The molecule has 5 heteroatoms. The summed E-state index contributed by atoms with van der Waals surface area (Å²) in [6.45, 7) is 0.450. The summed E-state index contributed by atoms with van der Waals surface area (Å²) in [6.07, 6.45) is 5.06. The van der Waals surface area contributed by atoms with Crippen molar-refractivity contribution in [3.63, 3.8) is 0 Å². The highest BCUT2D eigenvalue weighted by Crippen LogP contribution is 2.19. The van der Waals surface area contributed by atoms with Gasteiger partial charge in [0.2, 0.25) is 0 Å². The second-order valence-corrected chi connectivity index (χ2v) is 3.97. The number of hydrogen-bond donors (Lipinski definition) is 0. The maximum atomic E-state index is 13.3. The summed E-state index contributed by atoms with van der Waals surface area (Å²) in [7, 11) is 0. The summed E-state index contributed by atoms with van der Waals surface area (Å²) >= 11 is 0. The summed E-state index contributed by atoms with van der Waals surface area (Å²) in [5, 5.41) is 0.600. The molecule has 0 bridgehead atoms. The van der Waals surface area contributed by atoms with Crippen LogP contribution in [0.1, 0.15) is 5.56 Å². The van der Waals surface area contributed by atoms with Crippen molar-refractivity contribution in [2.24, 2.45) is 0 Å². The second kappa shape index (κ2) is 4.10. The molecule has 0 saturated carbocycles. The van der Waals surface area contributed by atoms with Crippen LogP contribution in [-0.2, 0) is 6.54 Å². The average molecular weight is 244 g/mol. The molecule has 2 heterocycles. The number of halogens is 1. The number of nitrogens with zero attached hydrogens (tertiary/aromatic N) is 2. The number of aromatic nitrogens is 2. The van der Waals surface area contributed by atoms with Crippen LogP contribution >= 0.6 is 0 Å². The predicted octanol–water partition coefficient (Wildman–Crippen LogP) is 2.18. The first-order valence-corrected chi connectivity index (χ1v) is 5.40. The van der Waals surface area contributed by atoms with E-state index >= 15 is 0 Å². The van der Waals surface area contributed by atoms with Crippen LogP contribution in [0.15, 0.2) is 52.2 Å². The van der Waals surface area contributed by atoms with Gasteiger partial charge in [-0.1, -0.05) is 0 Å². The Morgan fingerprint density at radius 1 is 1.33 bits per heavy atom. The van der Waals surface area contributed by atoms with Crippen molar-refractivity contribution in [3.05, 3.63) is 64.8 Å². The zero-order valence-corrected chi connectivity index (χ0v) is 9.34. The standard InChI is InChI=1S/C13H9FN2O2/c14-10-1-2-12-11(6-10)9(5-13(17)18-12)7-16-4-3-15-8-16/h1-6,8H,7H2. The Kier molecular flexibility index (Phi) is 2.44. The van der Waals surface area contributed by atoms with Gasteiger partial charge in [0.25, 0.3) is 0 Å². The maximum absolute atomic E-state index is 13.3. The molecule has 0 amide bonds. The Bertz CT molecular complexity index is 747. The highest BCUT2D eigenvalue weighted by molar-refractivity contribution is 5.80. The molecule has 0 aliphatic rings. The molecule has 3 rings (SSSR count). The van der Waals surface area contributed by atoms with E-state index in [0.29, 0.717) is 23.1 Å². The van der Waals surface area contributed by atoms with Crippen LogP contribution in [0.5, 0.6) is 0 Å². The fourth-order valence-electron chi connectivity index (χ4n) is 1.91. The molecule has 0 fully saturated rings. The monoisotopic (exact) mass is 244 g/mol. The van der Waals surface area contributed by atoms with Crippen molar-refractivity contribution in [1.29, 1.82) is 0 Å². The van der Waals surface area contributed by atoms with Gasteiger partial charge in [0, 0.05) is 30.4 Å². The molecule has 0 atom stereocenters. The Labute approximate surface area is 101 Å². The number of imidazole rings is 1. The average Bonchev–Trinajstić information content (AvgIpc) is 2.83. The topological polar surface area (TPSA) is 48.0 Å². The van der Waals surface area contributed by atoms with Gasteiger partial charge in [-0.05, 0) is 23.8 Å². The van der Waals surface area contributed by atoms with Crippen molar-refractivity contribution in [3.8, 4) is 0 Å². The van der Waals surface area contributed by atoms with Crippen LogP contribution < -0.4 is 5.63 Å². The zero-order valence-electron chi connectivity index (χ0n) is 9.34. The van der Waals surface area contributed by atoms with Crippen molar-refractivity contribution in [1.82, 2.24) is 9.55 Å². The number of fused-ring (bicyclic) bond motifs is 1. The molecule has 18 heavy (non-hydrogen) atoms. The highest BCUT2D eigenvalue weighted by Gasteiger charge is 2.07. The molecule has 0 saturated heterocycles. The van der Waals surface area contributed by atoms with E-state index in [0.717, 1.165) is 0 Å². The molecule has 90 valence electrons. The third-order valence-corrected chi connectivity index (χ3v) is 2.70. The Balaban J connectivity index is 2.20. The van der Waals surface area contributed by atoms with Gasteiger partial charge in [0.05, 0.1) is 6.33 Å². The Morgan fingerprint density at radius 3 is 3.00 bits per heavy atom. The van der Waals surface area contributed by atoms with Crippen LogP contribution in [0, 0.1) is 5.82 Å². The summed E-state index contributed by atoms with van der Waals surface area (Å²) in [6, 6.07) is 5.47. The SMILES string of the molecule is O=c1cc(Cn2ccnc2)c2cc(F)ccc2o1. The minimum absolute atomic E-state index is 0.358. The van der Waals surface area contributed by atoms with Crippen molar-refractivity contribution >= 4 is 11.0 Å². The molecule has 0 unspecified atom stereocenters. The highest BCUT2D eigenvalue weighted by atomic mass is 19.1. The van der Waals surface area contributed by atoms with E-state index in [1.807, 2.05) is 0 Å². The quantitative estimate of drug-likeness (QED) is 0.649. The largest absolute Gasteiger partial charge is 0.423 e. The summed E-state index contributed by atoms with van der Waals surface area (Å²) in [5.74, 6) is -0.358. The van der Waals surface area contributed by atoms with Crippen LogP contribution in [0.4, 0.5) is 4.39 Å². The Morgan fingerprint density at radius 2 is 2.22 bits per heavy atom. The first kappa shape index (κ1) is 10.7. The van der Waals surface area contributed by atoms with Gasteiger partial charge in [-0.15, -0.1) is 0 Å². The van der Waals surface area contributed by atoms with Gasteiger partial charge < -0.3 is 8.98 Å². The van der Waals surface area contributed by atoms with E-state index in [1.54, 1.807) is 23.3 Å². The summed E-state index contributed by atoms with van der Waals surface area (Å²) in [5.41, 5.74) is 0.655. The van der Waals surface area contributed by atoms with Crippen LogP contribution in [0.3, 0.4) is 0 Å². The minimum atomic E-state index is -0.441. The fourth-order valence-corrected chi connectivity index (χ4v) is 1.91. The predicted molar refractivity (Wildman–Crippen MR) is 63.8 cm³/mol. The van der Waals surface area contributed by atoms with E-state index in [-0.39, 0.29) is 5.82 Å². The molecule has 4 nitrogen and oxygen atoms in total. The lowest BCUT2D eigenvalue weighted by Crippen LogP contribution is -2.04. The minimum Gasteiger partial charge on any atom is -0.423 e. The lowest BCUT2D eigenvalue weighted by atomic mass is 10.1. The van der Waals surface area contributed by atoms with Gasteiger partial charge in [-0.25, -0.2) is 14.2 Å². The van der Waals surface area contributed by atoms with Crippen molar-refractivity contribution in [2.75, 3.05) is 0 Å². The molecule has 2 aromatic heterocycles. The molecule has 0 N–H and O–H groups in total. The summed E-state index contributed by atoms with van der Waals surface area (Å²) < 4.78 is 20.1. The molecule has 3 aromatic rings. The normalized spacial score (nSPS) is 10.9. The van der Waals surface area contributed by atoms with Gasteiger partial charge in [0.15, 0.2) is 0 Å². The second-order valence-electron chi connectivity index (χ2n) is 3.97. The van der Waals surface area contributed by atoms with E-state index in [4.69, 9.17) is 4.42 Å². The third-order valence-electron chi connectivity index (χ3n) is 2.70. The number of hydrogen-bond acceptors (Lipinski definition) is 3. The van der Waals surface area contributed by atoms with E-state index in [9.17, 15) is 9.18 Å². The van der Waals surface area contributed by atoms with Gasteiger partial charge in [-0.3, -0.25) is 0 Å². The van der Waals surface area contributed by atoms with Crippen molar-refractivity contribution in [2.45, 2.75) is 6.54 Å². The first-order valence-electron chi connectivity index (χ1n) is 5.40. The lowest BCUT2D eigenvalue weighted by Gasteiger charge is -2.06. The van der Waals surface area contributed by atoms with E-state index in [2.05, 4.69) is 4.98 Å².